The average Bonchev–Trinajstić information content (AvgIpc) is 2.30. The second kappa shape index (κ2) is 6.49. The first kappa shape index (κ1) is 14.6. The van der Waals surface area contributed by atoms with E-state index in [0.29, 0.717) is 26.9 Å². The Kier molecular flexibility index (Phi) is 5.58. The summed E-state index contributed by atoms with van der Waals surface area (Å²) in [7, 11) is 0.659. The molecule has 0 radical (unpaired) electrons. The molecule has 98 valence electrons. The van der Waals surface area contributed by atoms with Crippen LogP contribution in [0.4, 0.5) is 0 Å². The Bertz CT molecular complexity index is 293. The minimum atomic E-state index is -0.333. The topological polar surface area (TPSA) is 37.4 Å². The first-order chi connectivity index (χ1) is 8.09. The summed E-state index contributed by atoms with van der Waals surface area (Å²) in [6.45, 7) is 7.68. The van der Waals surface area contributed by atoms with Crippen molar-refractivity contribution in [2.24, 2.45) is 5.41 Å². The van der Waals surface area contributed by atoms with Gasteiger partial charge in [-0.1, -0.05) is 13.3 Å². The summed E-state index contributed by atoms with van der Waals surface area (Å²) in [5.74, 6) is 0.490. The maximum Gasteiger partial charge on any atom is 0.223 e. The van der Waals surface area contributed by atoms with Crippen LogP contribution in [0.5, 0.6) is 0 Å². The lowest BCUT2D eigenvalue weighted by molar-refractivity contribution is -0.145. The zero-order valence-electron chi connectivity index (χ0n) is 11.2. The number of nitrogens with zero attached hydrogens (tertiary/aromatic N) is 1. The number of carbonyl (C=O) groups excluding carboxylic acids is 2. The molecule has 0 spiro atoms. The average molecular weight is 257 g/mol. The van der Waals surface area contributed by atoms with E-state index in [-0.39, 0.29) is 11.3 Å². The normalized spacial score (nSPS) is 25.8. The largest absolute Gasteiger partial charge is 0.343 e. The number of piperidine rings is 1. The maximum absolute atomic E-state index is 12.3. The number of hydrogen-bond acceptors (Lipinski definition) is 2. The molecule has 0 aromatic heterocycles. The first-order valence-electron chi connectivity index (χ1n) is 6.55. The molecule has 2 atom stereocenters. The smallest absolute Gasteiger partial charge is 0.223 e. The molecule has 4 heteroatoms. The van der Waals surface area contributed by atoms with Crippen molar-refractivity contribution in [2.45, 2.75) is 39.5 Å². The Morgan fingerprint density at radius 2 is 2.18 bits per heavy atom. The zero-order chi connectivity index (χ0) is 12.9. The molecule has 0 aromatic rings. The number of hydrogen-bond donors (Lipinski definition) is 0. The number of likely N-dealkylation sites (tertiary alicyclic amines) is 1. The third kappa shape index (κ3) is 3.28. The standard InChI is InChI=1S/C13H24NO2P/c1-4-6-13(11(15)10-17-3)7-8-14(5-2)12(16)9-13/h17H,4-10H2,1-3H3. The van der Waals surface area contributed by atoms with Crippen molar-refractivity contribution in [2.75, 3.05) is 25.9 Å². The van der Waals surface area contributed by atoms with Crippen LogP contribution in [0.25, 0.3) is 0 Å². The minimum absolute atomic E-state index is 0.167. The Labute approximate surface area is 106 Å². The van der Waals surface area contributed by atoms with Crippen molar-refractivity contribution in [3.63, 3.8) is 0 Å². The van der Waals surface area contributed by atoms with E-state index in [1.165, 1.54) is 0 Å². The number of rotatable bonds is 6. The van der Waals surface area contributed by atoms with E-state index in [1.807, 2.05) is 11.8 Å². The molecular weight excluding hydrogens is 233 g/mol. The maximum atomic E-state index is 12.3. The molecule has 0 aliphatic carbocycles. The molecular formula is C13H24NO2P. The van der Waals surface area contributed by atoms with Crippen LogP contribution in [0.2, 0.25) is 0 Å². The summed E-state index contributed by atoms with van der Waals surface area (Å²) in [6.07, 6.45) is 3.82. The lowest BCUT2D eigenvalue weighted by Crippen LogP contribution is -2.48. The van der Waals surface area contributed by atoms with Crippen LogP contribution in [-0.2, 0) is 9.59 Å². The molecule has 1 aliphatic rings. The van der Waals surface area contributed by atoms with Gasteiger partial charge in [-0.3, -0.25) is 9.59 Å². The fourth-order valence-electron chi connectivity index (χ4n) is 2.72. The summed E-state index contributed by atoms with van der Waals surface area (Å²) in [5.41, 5.74) is -0.333. The van der Waals surface area contributed by atoms with Gasteiger partial charge in [-0.05, 0) is 26.4 Å². The van der Waals surface area contributed by atoms with Crippen molar-refractivity contribution in [1.29, 1.82) is 0 Å². The molecule has 17 heavy (non-hydrogen) atoms. The monoisotopic (exact) mass is 257 g/mol. The first-order valence-corrected chi connectivity index (χ1v) is 8.26. The molecule has 0 bridgehead atoms. The van der Waals surface area contributed by atoms with Gasteiger partial charge < -0.3 is 4.90 Å². The molecule has 1 saturated heterocycles. The molecule has 1 heterocycles. The van der Waals surface area contributed by atoms with Crippen LogP contribution in [0.3, 0.4) is 0 Å². The highest BCUT2D eigenvalue weighted by molar-refractivity contribution is 7.38. The fraction of sp³-hybridized carbons (Fsp3) is 0.846. The van der Waals surface area contributed by atoms with Crippen molar-refractivity contribution >= 4 is 20.3 Å². The van der Waals surface area contributed by atoms with E-state index in [0.717, 1.165) is 32.4 Å². The number of ketones is 1. The molecule has 0 aromatic carbocycles. The lowest BCUT2D eigenvalue weighted by atomic mass is 9.72. The van der Waals surface area contributed by atoms with Crippen LogP contribution < -0.4 is 0 Å². The van der Waals surface area contributed by atoms with E-state index >= 15 is 0 Å². The van der Waals surface area contributed by atoms with E-state index < -0.39 is 0 Å². The Hall–Kier alpha value is -0.430. The summed E-state index contributed by atoms with van der Waals surface area (Å²) in [5, 5.41) is 0. The molecule has 0 saturated carbocycles. The summed E-state index contributed by atoms with van der Waals surface area (Å²) >= 11 is 0. The second-order valence-electron chi connectivity index (χ2n) is 4.88. The SMILES string of the molecule is CCCC1(C(=O)CPC)CCN(CC)C(=O)C1. The van der Waals surface area contributed by atoms with E-state index in [4.69, 9.17) is 0 Å². The van der Waals surface area contributed by atoms with Crippen molar-refractivity contribution in [3.8, 4) is 0 Å². The van der Waals surface area contributed by atoms with Crippen LogP contribution in [0, 0.1) is 5.41 Å². The highest BCUT2D eigenvalue weighted by Crippen LogP contribution is 2.38. The molecule has 1 fully saturated rings. The number of carbonyl (C=O) groups is 2. The molecule has 1 amide bonds. The van der Waals surface area contributed by atoms with Gasteiger partial charge in [0.15, 0.2) is 0 Å². The van der Waals surface area contributed by atoms with Crippen LogP contribution in [0.1, 0.15) is 39.5 Å². The molecule has 3 nitrogen and oxygen atoms in total. The van der Waals surface area contributed by atoms with Gasteiger partial charge in [-0.25, -0.2) is 0 Å². The van der Waals surface area contributed by atoms with Gasteiger partial charge in [-0.15, -0.1) is 8.58 Å². The summed E-state index contributed by atoms with van der Waals surface area (Å²) in [4.78, 5) is 26.2. The predicted molar refractivity (Wildman–Crippen MR) is 72.9 cm³/mol. The summed E-state index contributed by atoms with van der Waals surface area (Å²) < 4.78 is 0. The van der Waals surface area contributed by atoms with Gasteiger partial charge in [0.25, 0.3) is 0 Å². The van der Waals surface area contributed by atoms with Gasteiger partial charge in [-0.2, -0.15) is 0 Å². The number of Topliss-reactive ketones (excluding diaryl/α,β-unsaturated/α-hetero) is 1. The highest BCUT2D eigenvalue weighted by Gasteiger charge is 2.42. The third-order valence-corrected chi connectivity index (χ3v) is 4.42. The Morgan fingerprint density at radius 3 is 2.65 bits per heavy atom. The third-order valence-electron chi connectivity index (χ3n) is 3.74. The van der Waals surface area contributed by atoms with E-state index in [2.05, 4.69) is 13.6 Å². The molecule has 2 unspecified atom stereocenters. The highest BCUT2D eigenvalue weighted by atomic mass is 31.1. The van der Waals surface area contributed by atoms with Crippen LogP contribution in [0.15, 0.2) is 0 Å². The van der Waals surface area contributed by atoms with Crippen LogP contribution in [-0.4, -0.2) is 42.5 Å². The zero-order valence-corrected chi connectivity index (χ0v) is 12.2. The van der Waals surface area contributed by atoms with Crippen molar-refractivity contribution in [3.05, 3.63) is 0 Å². The van der Waals surface area contributed by atoms with Gasteiger partial charge in [0.1, 0.15) is 5.78 Å². The quantitative estimate of drug-likeness (QED) is 0.685. The molecule has 1 aliphatic heterocycles. The van der Waals surface area contributed by atoms with Gasteiger partial charge in [0.2, 0.25) is 5.91 Å². The molecule has 0 N–H and O–H groups in total. The molecule has 1 rings (SSSR count). The van der Waals surface area contributed by atoms with Crippen molar-refractivity contribution < 1.29 is 9.59 Å². The lowest BCUT2D eigenvalue weighted by Gasteiger charge is -2.40. The Morgan fingerprint density at radius 1 is 1.47 bits per heavy atom. The fourth-order valence-corrected chi connectivity index (χ4v) is 3.41. The Balaban J connectivity index is 2.80. The van der Waals surface area contributed by atoms with Gasteiger partial charge in [0, 0.05) is 31.1 Å². The predicted octanol–water partition coefficient (Wildman–Crippen LogP) is 2.29. The summed E-state index contributed by atoms with van der Waals surface area (Å²) in [6, 6.07) is 0. The number of amides is 1. The van der Waals surface area contributed by atoms with E-state index in [9.17, 15) is 9.59 Å². The van der Waals surface area contributed by atoms with E-state index in [1.54, 1.807) is 0 Å². The van der Waals surface area contributed by atoms with Gasteiger partial charge in [0.05, 0.1) is 0 Å². The van der Waals surface area contributed by atoms with Crippen molar-refractivity contribution in [1.82, 2.24) is 4.90 Å². The van der Waals surface area contributed by atoms with Crippen LogP contribution >= 0.6 is 8.58 Å². The minimum Gasteiger partial charge on any atom is -0.343 e. The second-order valence-corrected chi connectivity index (χ2v) is 5.94. The van der Waals surface area contributed by atoms with Gasteiger partial charge >= 0.3 is 0 Å².